The Hall–Kier alpha value is -0.130. The zero-order valence-corrected chi connectivity index (χ0v) is 13.0. The molecule has 0 aromatic heterocycles. The second-order valence-corrected chi connectivity index (χ2v) is 8.11. The lowest BCUT2D eigenvalue weighted by Gasteiger charge is -2.40. The molecule has 0 spiro atoms. The van der Waals surface area contributed by atoms with Gasteiger partial charge in [-0.25, -0.2) is 8.42 Å². The fourth-order valence-electron chi connectivity index (χ4n) is 2.48. The molecule has 2 unspecified atom stereocenters. The lowest BCUT2D eigenvalue weighted by Crippen LogP contribution is -2.52. The minimum absolute atomic E-state index is 0.149. The predicted octanol–water partition coefficient (Wildman–Crippen LogP) is 1.13. The molecule has 0 aliphatic carbocycles. The highest BCUT2D eigenvalue weighted by molar-refractivity contribution is 7.91. The summed E-state index contributed by atoms with van der Waals surface area (Å²) in [6.45, 7) is 12.3. The summed E-state index contributed by atoms with van der Waals surface area (Å²) in [5.74, 6) is 0.631. The number of nitrogens with one attached hydrogen (secondary N) is 1. The van der Waals surface area contributed by atoms with E-state index in [9.17, 15) is 8.42 Å². The average molecular weight is 276 g/mol. The van der Waals surface area contributed by atoms with E-state index >= 15 is 0 Å². The van der Waals surface area contributed by atoms with Gasteiger partial charge in [-0.2, -0.15) is 0 Å². The van der Waals surface area contributed by atoms with Gasteiger partial charge in [0.05, 0.1) is 11.5 Å². The van der Waals surface area contributed by atoms with E-state index in [0.717, 1.165) is 26.1 Å². The van der Waals surface area contributed by atoms with Crippen LogP contribution in [0.4, 0.5) is 0 Å². The van der Waals surface area contributed by atoms with Gasteiger partial charge in [-0.3, -0.25) is 4.90 Å². The van der Waals surface area contributed by atoms with Crippen LogP contribution in [0.25, 0.3) is 0 Å². The van der Waals surface area contributed by atoms with E-state index in [1.807, 2.05) is 6.92 Å². The molecule has 0 bridgehead atoms. The first kappa shape index (κ1) is 15.9. The van der Waals surface area contributed by atoms with Crippen molar-refractivity contribution >= 4 is 9.84 Å². The summed E-state index contributed by atoms with van der Waals surface area (Å²) in [6, 6.07) is 0.149. The fourth-order valence-corrected chi connectivity index (χ4v) is 4.10. The summed E-state index contributed by atoms with van der Waals surface area (Å²) >= 11 is 0. The Balaban J connectivity index is 2.60. The van der Waals surface area contributed by atoms with E-state index in [-0.39, 0.29) is 11.5 Å². The van der Waals surface area contributed by atoms with Crippen LogP contribution in [0.2, 0.25) is 0 Å². The van der Waals surface area contributed by atoms with Crippen molar-refractivity contribution < 1.29 is 8.42 Å². The van der Waals surface area contributed by atoms with Gasteiger partial charge in [0.15, 0.2) is 9.84 Å². The highest BCUT2D eigenvalue weighted by atomic mass is 32.2. The van der Waals surface area contributed by atoms with Crippen LogP contribution in [0.15, 0.2) is 0 Å². The minimum atomic E-state index is -2.80. The standard InChI is InChI=1S/C13H28N2O2S/c1-5-13(4,10-14-6-2)11-15-7-8-18(16,17)9-12(15)3/h12,14H,5-11H2,1-4H3. The highest BCUT2D eigenvalue weighted by Gasteiger charge is 2.32. The maximum atomic E-state index is 11.6. The second kappa shape index (κ2) is 6.35. The van der Waals surface area contributed by atoms with Gasteiger partial charge in [0.25, 0.3) is 0 Å². The van der Waals surface area contributed by atoms with Crippen LogP contribution in [0.5, 0.6) is 0 Å². The molecule has 0 aromatic carbocycles. The van der Waals surface area contributed by atoms with Gasteiger partial charge in [0.1, 0.15) is 0 Å². The molecule has 1 aliphatic heterocycles. The first-order chi connectivity index (χ1) is 8.32. The summed E-state index contributed by atoms with van der Waals surface area (Å²) < 4.78 is 23.1. The quantitative estimate of drug-likeness (QED) is 0.790. The molecule has 18 heavy (non-hydrogen) atoms. The summed E-state index contributed by atoms with van der Waals surface area (Å²) in [6.07, 6.45) is 1.11. The van der Waals surface area contributed by atoms with Crippen LogP contribution in [0.1, 0.15) is 34.1 Å². The lowest BCUT2D eigenvalue weighted by atomic mass is 9.86. The third kappa shape index (κ3) is 4.52. The number of rotatable bonds is 6. The van der Waals surface area contributed by atoms with Crippen LogP contribution in [0, 0.1) is 5.41 Å². The van der Waals surface area contributed by atoms with E-state index in [4.69, 9.17) is 0 Å². The van der Waals surface area contributed by atoms with Crippen LogP contribution in [-0.2, 0) is 9.84 Å². The van der Waals surface area contributed by atoms with Gasteiger partial charge in [-0.05, 0) is 25.3 Å². The monoisotopic (exact) mass is 276 g/mol. The summed E-state index contributed by atoms with van der Waals surface area (Å²) in [5.41, 5.74) is 0.228. The second-order valence-electron chi connectivity index (χ2n) is 5.88. The SMILES string of the molecule is CCNCC(C)(CC)CN1CCS(=O)(=O)CC1C. The number of hydrogen-bond donors (Lipinski definition) is 1. The molecule has 108 valence electrons. The maximum Gasteiger partial charge on any atom is 0.153 e. The van der Waals surface area contributed by atoms with Gasteiger partial charge in [-0.15, -0.1) is 0 Å². The van der Waals surface area contributed by atoms with Gasteiger partial charge in [0.2, 0.25) is 0 Å². The minimum Gasteiger partial charge on any atom is -0.316 e. The topological polar surface area (TPSA) is 49.4 Å². The third-order valence-corrected chi connectivity index (χ3v) is 5.84. The average Bonchev–Trinajstić information content (AvgIpc) is 2.30. The maximum absolute atomic E-state index is 11.6. The van der Waals surface area contributed by atoms with Gasteiger partial charge in [0, 0.05) is 25.7 Å². The number of nitrogens with zero attached hydrogens (tertiary/aromatic N) is 1. The van der Waals surface area contributed by atoms with E-state index in [0.29, 0.717) is 18.1 Å². The van der Waals surface area contributed by atoms with Crippen molar-refractivity contribution in [3.8, 4) is 0 Å². The summed E-state index contributed by atoms with van der Waals surface area (Å²) in [4.78, 5) is 2.34. The molecule has 1 N–H and O–H groups in total. The predicted molar refractivity (Wildman–Crippen MR) is 76.6 cm³/mol. The van der Waals surface area contributed by atoms with Crippen LogP contribution in [-0.4, -0.2) is 57.0 Å². The molecule has 0 aromatic rings. The van der Waals surface area contributed by atoms with Crippen LogP contribution < -0.4 is 5.32 Å². The molecular formula is C13H28N2O2S. The van der Waals surface area contributed by atoms with Crippen molar-refractivity contribution in [3.63, 3.8) is 0 Å². The Morgan fingerprint density at radius 1 is 1.39 bits per heavy atom. The van der Waals surface area contributed by atoms with Crippen LogP contribution >= 0.6 is 0 Å². The normalized spacial score (nSPS) is 27.9. The first-order valence-corrected chi connectivity index (χ1v) is 8.79. The van der Waals surface area contributed by atoms with Gasteiger partial charge < -0.3 is 5.32 Å². The molecule has 2 atom stereocenters. The molecule has 1 saturated heterocycles. The lowest BCUT2D eigenvalue weighted by molar-refractivity contribution is 0.130. The Morgan fingerprint density at radius 2 is 2.06 bits per heavy atom. The molecule has 4 nitrogen and oxygen atoms in total. The molecule has 1 aliphatic rings. The van der Waals surface area contributed by atoms with Crippen molar-refractivity contribution in [2.45, 2.75) is 40.2 Å². The molecule has 0 radical (unpaired) electrons. The summed E-state index contributed by atoms with van der Waals surface area (Å²) in [7, 11) is -2.80. The molecule has 1 fully saturated rings. The van der Waals surface area contributed by atoms with Crippen molar-refractivity contribution in [1.29, 1.82) is 0 Å². The first-order valence-electron chi connectivity index (χ1n) is 6.97. The summed E-state index contributed by atoms with van der Waals surface area (Å²) in [5, 5.41) is 3.42. The van der Waals surface area contributed by atoms with E-state index < -0.39 is 9.84 Å². The van der Waals surface area contributed by atoms with Gasteiger partial charge >= 0.3 is 0 Å². The molecule has 0 amide bonds. The Morgan fingerprint density at radius 3 is 2.56 bits per heavy atom. The Kier molecular flexibility index (Phi) is 5.62. The largest absolute Gasteiger partial charge is 0.316 e. The fraction of sp³-hybridized carbons (Fsp3) is 1.00. The zero-order chi connectivity index (χ0) is 13.8. The smallest absolute Gasteiger partial charge is 0.153 e. The Bertz CT molecular complexity index is 356. The van der Waals surface area contributed by atoms with Crippen molar-refractivity contribution in [2.75, 3.05) is 37.7 Å². The van der Waals surface area contributed by atoms with Crippen molar-refractivity contribution in [1.82, 2.24) is 10.2 Å². The van der Waals surface area contributed by atoms with Crippen LogP contribution in [0.3, 0.4) is 0 Å². The highest BCUT2D eigenvalue weighted by Crippen LogP contribution is 2.24. The molecule has 0 saturated carbocycles. The molecule has 1 heterocycles. The zero-order valence-electron chi connectivity index (χ0n) is 12.2. The molecular weight excluding hydrogens is 248 g/mol. The van der Waals surface area contributed by atoms with E-state index in [2.05, 4.69) is 31.0 Å². The van der Waals surface area contributed by atoms with Crippen molar-refractivity contribution in [2.24, 2.45) is 5.41 Å². The third-order valence-electron chi connectivity index (χ3n) is 4.05. The molecule has 5 heteroatoms. The molecule has 1 rings (SSSR count). The van der Waals surface area contributed by atoms with Crippen molar-refractivity contribution in [3.05, 3.63) is 0 Å². The number of hydrogen-bond acceptors (Lipinski definition) is 4. The Labute approximate surface area is 112 Å². The van der Waals surface area contributed by atoms with E-state index in [1.54, 1.807) is 0 Å². The van der Waals surface area contributed by atoms with Gasteiger partial charge in [-0.1, -0.05) is 20.8 Å². The number of sulfone groups is 1. The van der Waals surface area contributed by atoms with E-state index in [1.165, 1.54) is 0 Å².